The van der Waals surface area contributed by atoms with Gasteiger partial charge in [-0.1, -0.05) is 31.0 Å². The van der Waals surface area contributed by atoms with E-state index in [0.29, 0.717) is 51.1 Å². The van der Waals surface area contributed by atoms with E-state index in [1.165, 1.54) is 43.3 Å². The third-order valence-electron chi connectivity index (χ3n) is 8.29. The average Bonchev–Trinajstić information content (AvgIpc) is 3.40. The van der Waals surface area contributed by atoms with Gasteiger partial charge in [-0.25, -0.2) is 8.78 Å². The lowest BCUT2D eigenvalue weighted by Crippen LogP contribution is -2.44. The van der Waals surface area contributed by atoms with E-state index >= 15 is 0 Å². The van der Waals surface area contributed by atoms with E-state index in [1.54, 1.807) is 30.3 Å². The molecule has 44 heavy (non-hydrogen) atoms. The zero-order valence-electron chi connectivity index (χ0n) is 25.1. The second kappa shape index (κ2) is 12.2. The number of benzene rings is 3. The number of furan rings is 1. The van der Waals surface area contributed by atoms with Crippen molar-refractivity contribution >= 4 is 46.1 Å². The normalized spacial score (nSPS) is 16.8. The van der Waals surface area contributed by atoms with Gasteiger partial charge in [0.15, 0.2) is 0 Å². The van der Waals surface area contributed by atoms with Crippen molar-refractivity contribution in [3.63, 3.8) is 0 Å². The molecule has 0 saturated carbocycles. The third kappa shape index (κ3) is 5.81. The fourth-order valence-corrected chi connectivity index (χ4v) is 5.63. The smallest absolute Gasteiger partial charge is 0.255 e. The number of amides is 2. The van der Waals surface area contributed by atoms with Crippen LogP contribution in [0.25, 0.3) is 33.4 Å². The van der Waals surface area contributed by atoms with Gasteiger partial charge in [0.1, 0.15) is 23.0 Å². The minimum absolute atomic E-state index is 0.289. The van der Waals surface area contributed by atoms with Gasteiger partial charge in [0.05, 0.1) is 16.8 Å². The van der Waals surface area contributed by atoms with Crippen LogP contribution in [-0.4, -0.2) is 38.2 Å². The quantitative estimate of drug-likeness (QED) is 0.140. The molecule has 5 rings (SSSR count). The molecule has 1 aliphatic carbocycles. The number of nitrogen functional groups attached to an aromatic ring is 1. The number of hydrogen-bond donors (Lipinski definition) is 3. The SMILES string of the molecule is CNC(=O)c1c(-c2ccc(F)cc2)oc2cc(N(C)SC)c(-c3ccc(N)c(C(=O)N[C@H](C)C4(C)C=CC(F)=CC4)c3)cc12. The Balaban J connectivity index is 1.61. The molecule has 4 N–H and O–H groups in total. The maximum Gasteiger partial charge on any atom is 0.255 e. The third-order valence-corrected chi connectivity index (χ3v) is 9.03. The predicted octanol–water partition coefficient (Wildman–Crippen LogP) is 7.50. The molecule has 2 amide bonds. The van der Waals surface area contributed by atoms with Crippen LogP contribution in [0.1, 0.15) is 41.0 Å². The molecule has 1 heterocycles. The van der Waals surface area contributed by atoms with Crippen LogP contribution in [-0.2, 0) is 0 Å². The summed E-state index contributed by atoms with van der Waals surface area (Å²) < 4.78 is 35.5. The standard InChI is InChI=1S/C34H34F2N4O3S/c1-19(34(2)14-12-23(36)13-15-34)39-32(41)25-16-21(8-11-27(25)37)24-17-26-29(18-28(24)40(4)44-5)43-31(30(26)33(42)38-3)20-6-9-22(35)10-7-20/h6-14,16-19H,15,37H2,1-5H3,(H,38,42)(H,39,41)/t19-,34?/m1/s1. The van der Waals surface area contributed by atoms with Crippen molar-refractivity contribution in [2.24, 2.45) is 5.41 Å². The van der Waals surface area contributed by atoms with Crippen LogP contribution in [0.3, 0.4) is 0 Å². The van der Waals surface area contributed by atoms with Gasteiger partial charge in [0.2, 0.25) is 0 Å². The molecular formula is C34H34F2N4O3S. The van der Waals surface area contributed by atoms with Crippen LogP contribution in [0, 0.1) is 11.2 Å². The summed E-state index contributed by atoms with van der Waals surface area (Å²) in [6.45, 7) is 3.85. The van der Waals surface area contributed by atoms with E-state index in [0.717, 1.165) is 11.3 Å². The predicted molar refractivity (Wildman–Crippen MR) is 175 cm³/mol. The Kier molecular flexibility index (Phi) is 8.56. The van der Waals surface area contributed by atoms with Crippen LogP contribution < -0.4 is 20.7 Å². The van der Waals surface area contributed by atoms with E-state index in [2.05, 4.69) is 10.6 Å². The number of carbonyl (C=O) groups excluding carboxylic acids is 2. The van der Waals surface area contributed by atoms with Crippen molar-refractivity contribution in [3.05, 3.63) is 95.6 Å². The number of fused-ring (bicyclic) bond motifs is 1. The molecule has 0 bridgehead atoms. The summed E-state index contributed by atoms with van der Waals surface area (Å²) in [5.74, 6) is -1.07. The van der Waals surface area contributed by atoms with Gasteiger partial charge in [-0.05, 0) is 73.5 Å². The Labute approximate surface area is 259 Å². The number of nitrogens with one attached hydrogen (secondary N) is 2. The molecule has 0 radical (unpaired) electrons. The number of hydrogen-bond acceptors (Lipinski definition) is 6. The molecule has 0 saturated heterocycles. The van der Waals surface area contributed by atoms with Gasteiger partial charge >= 0.3 is 0 Å². The summed E-state index contributed by atoms with van der Waals surface area (Å²) in [6, 6.07) is 14.4. The molecular weight excluding hydrogens is 582 g/mol. The van der Waals surface area contributed by atoms with Gasteiger partial charge in [0, 0.05) is 60.1 Å². The molecule has 1 unspecified atom stereocenters. The van der Waals surface area contributed by atoms with Crippen LogP contribution in [0.2, 0.25) is 0 Å². The Morgan fingerprint density at radius 3 is 2.41 bits per heavy atom. The number of halogens is 2. The van der Waals surface area contributed by atoms with Gasteiger partial charge < -0.3 is 25.1 Å². The van der Waals surface area contributed by atoms with E-state index in [9.17, 15) is 18.4 Å². The first-order chi connectivity index (χ1) is 20.9. The van der Waals surface area contributed by atoms with E-state index in [1.807, 2.05) is 49.7 Å². The maximum absolute atomic E-state index is 13.7. The lowest BCUT2D eigenvalue weighted by Gasteiger charge is -2.34. The van der Waals surface area contributed by atoms with Crippen LogP contribution in [0.4, 0.5) is 20.2 Å². The highest BCUT2D eigenvalue weighted by Gasteiger charge is 2.31. The number of nitrogens with zero attached hydrogens (tertiary/aromatic N) is 1. The minimum Gasteiger partial charge on any atom is -0.455 e. The monoisotopic (exact) mass is 616 g/mol. The molecule has 1 aliphatic rings. The van der Waals surface area contributed by atoms with Crippen molar-refractivity contribution in [2.45, 2.75) is 26.3 Å². The molecule has 0 aliphatic heterocycles. The van der Waals surface area contributed by atoms with Crippen molar-refractivity contribution in [2.75, 3.05) is 30.4 Å². The first kappa shape index (κ1) is 30.9. The lowest BCUT2D eigenvalue weighted by molar-refractivity contribution is 0.0913. The molecule has 4 aromatic rings. The number of nitrogens with two attached hydrogens (primary N) is 1. The molecule has 1 aromatic heterocycles. The van der Waals surface area contributed by atoms with Gasteiger partial charge in [-0.3, -0.25) is 9.59 Å². The van der Waals surface area contributed by atoms with E-state index in [-0.39, 0.29) is 23.7 Å². The summed E-state index contributed by atoms with van der Waals surface area (Å²) in [5, 5.41) is 6.29. The number of anilines is 2. The Bertz CT molecular complexity index is 1820. The summed E-state index contributed by atoms with van der Waals surface area (Å²) in [4.78, 5) is 26.7. The molecule has 2 atom stereocenters. The zero-order valence-corrected chi connectivity index (χ0v) is 25.9. The Hall–Kier alpha value is -4.57. The summed E-state index contributed by atoms with van der Waals surface area (Å²) in [5.41, 5.74) is 10.0. The molecule has 0 spiro atoms. The minimum atomic E-state index is -0.462. The van der Waals surface area contributed by atoms with Crippen molar-refractivity contribution in [3.8, 4) is 22.5 Å². The summed E-state index contributed by atoms with van der Waals surface area (Å²) in [7, 11) is 3.44. The topological polar surface area (TPSA) is 101 Å². The van der Waals surface area contributed by atoms with Crippen molar-refractivity contribution in [1.29, 1.82) is 0 Å². The summed E-state index contributed by atoms with van der Waals surface area (Å²) in [6.07, 6.45) is 7.10. The second-order valence-corrected chi connectivity index (χ2v) is 12.0. The first-order valence-electron chi connectivity index (χ1n) is 14.1. The van der Waals surface area contributed by atoms with Crippen LogP contribution >= 0.6 is 11.9 Å². The fraction of sp³-hybridized carbons (Fsp3) is 0.235. The molecule has 10 heteroatoms. The van der Waals surface area contributed by atoms with Crippen LogP contribution in [0.5, 0.6) is 0 Å². The highest BCUT2D eigenvalue weighted by Crippen LogP contribution is 2.42. The Morgan fingerprint density at radius 2 is 1.77 bits per heavy atom. The highest BCUT2D eigenvalue weighted by atomic mass is 32.2. The van der Waals surface area contributed by atoms with Crippen molar-refractivity contribution in [1.82, 2.24) is 10.6 Å². The molecule has 3 aromatic carbocycles. The highest BCUT2D eigenvalue weighted by molar-refractivity contribution is 7.99. The lowest BCUT2D eigenvalue weighted by atomic mass is 9.77. The average molecular weight is 617 g/mol. The second-order valence-electron chi connectivity index (χ2n) is 11.1. The number of carbonyl (C=O) groups is 2. The van der Waals surface area contributed by atoms with Gasteiger partial charge in [-0.15, -0.1) is 0 Å². The number of allylic oxidation sites excluding steroid dienone is 3. The largest absolute Gasteiger partial charge is 0.455 e. The van der Waals surface area contributed by atoms with Crippen LogP contribution in [0.15, 0.2) is 83.1 Å². The van der Waals surface area contributed by atoms with E-state index in [4.69, 9.17) is 10.2 Å². The van der Waals surface area contributed by atoms with Gasteiger partial charge in [-0.2, -0.15) is 0 Å². The summed E-state index contributed by atoms with van der Waals surface area (Å²) >= 11 is 1.48. The zero-order chi connectivity index (χ0) is 31.8. The molecule has 228 valence electrons. The first-order valence-corrected chi connectivity index (χ1v) is 15.3. The molecule has 7 nitrogen and oxygen atoms in total. The number of rotatable bonds is 8. The maximum atomic E-state index is 13.7. The van der Waals surface area contributed by atoms with Crippen molar-refractivity contribution < 1.29 is 22.8 Å². The fourth-order valence-electron chi connectivity index (χ4n) is 5.28. The van der Waals surface area contributed by atoms with Gasteiger partial charge in [0.25, 0.3) is 11.8 Å². The Morgan fingerprint density at radius 1 is 1.07 bits per heavy atom. The van der Waals surface area contributed by atoms with E-state index < -0.39 is 11.2 Å². The molecule has 0 fully saturated rings.